The summed E-state index contributed by atoms with van der Waals surface area (Å²) < 4.78 is 0. The summed E-state index contributed by atoms with van der Waals surface area (Å²) in [5.74, 6) is -1.46. The maximum atomic E-state index is 12.5. The molecule has 27 heavy (non-hydrogen) atoms. The van der Waals surface area contributed by atoms with E-state index in [9.17, 15) is 9.59 Å². The first-order chi connectivity index (χ1) is 12.9. The molecule has 0 atom stereocenters. The molecule has 0 aliphatic heterocycles. The number of rotatable bonds is 2. The van der Waals surface area contributed by atoms with Crippen LogP contribution in [0.2, 0.25) is 0 Å². The Hall–Kier alpha value is -2.85. The molecule has 0 aromatic heterocycles. The lowest BCUT2D eigenvalue weighted by molar-refractivity contribution is -0.252. The van der Waals surface area contributed by atoms with E-state index < -0.39 is 11.9 Å². The minimum Gasteiger partial charge on any atom is -0.242 e. The Morgan fingerprint density at radius 2 is 1.59 bits per heavy atom. The number of carbonyl (C=O) groups excluding carboxylic acids is 2. The van der Waals surface area contributed by atoms with E-state index in [-0.39, 0.29) is 5.57 Å². The van der Waals surface area contributed by atoms with Crippen LogP contribution >= 0.6 is 11.6 Å². The second-order valence-electron chi connectivity index (χ2n) is 6.81. The molecule has 0 radical (unpaired) electrons. The number of fused-ring (bicyclic) bond motifs is 6. The van der Waals surface area contributed by atoms with Crippen LogP contribution in [0.25, 0.3) is 11.1 Å². The standard InChI is InChI=1S/C22H17ClO4/c1-11(2)21(24)26-27-22(25)12(3)18-19-14-6-4-5-7-15(14)20(18)17-10-13(23)8-9-16(17)19/h4-8H,1,9-10H2,2-3H3/b18-12+. The predicted octanol–water partition coefficient (Wildman–Crippen LogP) is 5.03. The topological polar surface area (TPSA) is 52.6 Å². The molecule has 0 amide bonds. The number of hydrogen-bond acceptors (Lipinski definition) is 4. The smallest absolute Gasteiger partial charge is 0.242 e. The third kappa shape index (κ3) is 2.68. The van der Waals surface area contributed by atoms with Gasteiger partial charge < -0.3 is 0 Å². The summed E-state index contributed by atoms with van der Waals surface area (Å²) in [6.07, 6.45) is 3.40. The molecule has 0 fully saturated rings. The van der Waals surface area contributed by atoms with Gasteiger partial charge in [0.2, 0.25) is 0 Å². The molecule has 1 aromatic carbocycles. The zero-order valence-electron chi connectivity index (χ0n) is 15.0. The normalized spacial score (nSPS) is 18.7. The third-order valence-electron chi connectivity index (χ3n) is 5.03. The molecule has 0 heterocycles. The second kappa shape index (κ2) is 6.39. The van der Waals surface area contributed by atoms with E-state index in [0.717, 1.165) is 44.9 Å². The van der Waals surface area contributed by atoms with Crippen molar-refractivity contribution in [3.63, 3.8) is 0 Å². The van der Waals surface area contributed by atoms with E-state index in [1.165, 1.54) is 12.5 Å². The number of hydrogen-bond donors (Lipinski definition) is 0. The lowest BCUT2D eigenvalue weighted by Crippen LogP contribution is -2.13. The van der Waals surface area contributed by atoms with Gasteiger partial charge in [-0.15, -0.1) is 0 Å². The first-order valence-corrected chi connectivity index (χ1v) is 8.99. The predicted molar refractivity (Wildman–Crippen MR) is 103 cm³/mol. The van der Waals surface area contributed by atoms with Gasteiger partial charge in [0.25, 0.3) is 0 Å². The van der Waals surface area contributed by atoms with Gasteiger partial charge in [0.1, 0.15) is 0 Å². The van der Waals surface area contributed by atoms with Gasteiger partial charge in [0.15, 0.2) is 0 Å². The summed E-state index contributed by atoms with van der Waals surface area (Å²) in [6.45, 7) is 6.63. The molecule has 3 aliphatic carbocycles. The summed E-state index contributed by atoms with van der Waals surface area (Å²) in [7, 11) is 0. The Labute approximate surface area is 162 Å². The van der Waals surface area contributed by atoms with Gasteiger partial charge in [-0.25, -0.2) is 19.4 Å². The molecular weight excluding hydrogens is 364 g/mol. The molecule has 3 aliphatic rings. The van der Waals surface area contributed by atoms with Gasteiger partial charge in [-0.3, -0.25) is 0 Å². The fraction of sp³-hybridized carbons (Fsp3) is 0.182. The molecule has 2 bridgehead atoms. The number of halogens is 1. The fourth-order valence-corrected chi connectivity index (χ4v) is 4.01. The van der Waals surface area contributed by atoms with E-state index in [4.69, 9.17) is 16.5 Å². The molecule has 4 rings (SSSR count). The SMILES string of the molecule is C=C(C)C(=O)OOC(=O)/C(C)=C1\C2=C3CC=C(Cl)CC3=C1c1ccccc12. The van der Waals surface area contributed by atoms with Gasteiger partial charge >= 0.3 is 11.9 Å². The lowest BCUT2D eigenvalue weighted by atomic mass is 9.86. The Bertz CT molecular complexity index is 1050. The summed E-state index contributed by atoms with van der Waals surface area (Å²) in [6, 6.07) is 8.07. The van der Waals surface area contributed by atoms with Gasteiger partial charge in [-0.2, -0.15) is 0 Å². The maximum absolute atomic E-state index is 12.5. The van der Waals surface area contributed by atoms with Crippen LogP contribution in [0.4, 0.5) is 0 Å². The Kier molecular flexibility index (Phi) is 4.16. The molecule has 0 N–H and O–H groups in total. The largest absolute Gasteiger partial charge is 0.382 e. The third-order valence-corrected chi connectivity index (χ3v) is 5.32. The van der Waals surface area contributed by atoms with E-state index >= 15 is 0 Å². The van der Waals surface area contributed by atoms with Crippen molar-refractivity contribution in [2.75, 3.05) is 0 Å². The van der Waals surface area contributed by atoms with Crippen LogP contribution in [0.15, 0.2) is 69.8 Å². The van der Waals surface area contributed by atoms with Crippen LogP contribution in [-0.4, -0.2) is 11.9 Å². The highest BCUT2D eigenvalue weighted by atomic mass is 35.5. The molecular formula is C22H17ClO4. The van der Waals surface area contributed by atoms with Crippen LogP contribution in [0.3, 0.4) is 0 Å². The number of allylic oxidation sites excluding steroid dienone is 7. The highest BCUT2D eigenvalue weighted by molar-refractivity contribution is 6.30. The Morgan fingerprint density at radius 3 is 2.22 bits per heavy atom. The second-order valence-corrected chi connectivity index (χ2v) is 7.29. The van der Waals surface area contributed by atoms with Gasteiger partial charge in [-0.05, 0) is 53.7 Å². The minimum atomic E-state index is -0.771. The van der Waals surface area contributed by atoms with Crippen LogP contribution < -0.4 is 0 Å². The quantitative estimate of drug-likeness (QED) is 0.410. The van der Waals surface area contributed by atoms with Crippen molar-refractivity contribution in [2.45, 2.75) is 26.7 Å². The van der Waals surface area contributed by atoms with Gasteiger partial charge in [0.05, 0.1) is 0 Å². The molecule has 0 saturated carbocycles. The van der Waals surface area contributed by atoms with Crippen molar-refractivity contribution in [2.24, 2.45) is 0 Å². The first kappa shape index (κ1) is 17.6. The van der Waals surface area contributed by atoms with Crippen molar-refractivity contribution in [1.29, 1.82) is 0 Å². The monoisotopic (exact) mass is 380 g/mol. The molecule has 0 saturated heterocycles. The zero-order chi connectivity index (χ0) is 19.3. The van der Waals surface area contributed by atoms with Crippen LogP contribution in [0.5, 0.6) is 0 Å². The highest BCUT2D eigenvalue weighted by Gasteiger charge is 2.41. The first-order valence-electron chi connectivity index (χ1n) is 8.61. The van der Waals surface area contributed by atoms with E-state index in [0.29, 0.717) is 12.0 Å². The Morgan fingerprint density at radius 1 is 1.00 bits per heavy atom. The summed E-state index contributed by atoms with van der Waals surface area (Å²) in [5.41, 5.74) is 8.06. The van der Waals surface area contributed by atoms with E-state index in [1.54, 1.807) is 6.92 Å². The van der Waals surface area contributed by atoms with Crippen LogP contribution in [-0.2, 0) is 19.4 Å². The molecule has 136 valence electrons. The molecule has 0 spiro atoms. The van der Waals surface area contributed by atoms with Gasteiger partial charge in [0, 0.05) is 28.2 Å². The van der Waals surface area contributed by atoms with Gasteiger partial charge in [-0.1, -0.05) is 48.5 Å². The number of benzene rings is 1. The highest BCUT2D eigenvalue weighted by Crippen LogP contribution is 2.59. The summed E-state index contributed by atoms with van der Waals surface area (Å²) >= 11 is 6.28. The van der Waals surface area contributed by atoms with Crippen molar-refractivity contribution >= 4 is 34.7 Å². The van der Waals surface area contributed by atoms with Crippen LogP contribution in [0.1, 0.15) is 37.8 Å². The van der Waals surface area contributed by atoms with Crippen molar-refractivity contribution in [3.8, 4) is 0 Å². The van der Waals surface area contributed by atoms with E-state index in [2.05, 4.69) is 17.5 Å². The Balaban J connectivity index is 1.78. The van der Waals surface area contributed by atoms with E-state index in [1.807, 2.05) is 24.3 Å². The average Bonchev–Trinajstić information content (AvgIpc) is 3.16. The van der Waals surface area contributed by atoms with Crippen molar-refractivity contribution in [1.82, 2.24) is 0 Å². The van der Waals surface area contributed by atoms with Crippen molar-refractivity contribution in [3.05, 3.63) is 80.9 Å². The zero-order valence-corrected chi connectivity index (χ0v) is 15.8. The maximum Gasteiger partial charge on any atom is 0.382 e. The molecule has 1 aromatic rings. The minimum absolute atomic E-state index is 0.156. The lowest BCUT2D eigenvalue weighted by Gasteiger charge is -2.19. The molecule has 4 nitrogen and oxygen atoms in total. The molecule has 5 heteroatoms. The summed E-state index contributed by atoms with van der Waals surface area (Å²) in [4.78, 5) is 33.3. The molecule has 0 unspecified atom stereocenters. The fourth-order valence-electron chi connectivity index (χ4n) is 3.80. The van der Waals surface area contributed by atoms with Crippen LogP contribution in [0, 0.1) is 0 Å². The number of carbonyl (C=O) groups is 2. The van der Waals surface area contributed by atoms with Crippen molar-refractivity contribution < 1.29 is 19.4 Å². The average molecular weight is 381 g/mol. The summed E-state index contributed by atoms with van der Waals surface area (Å²) in [5, 5.41) is 0.807.